The monoisotopic (exact) mass is 650 g/mol. The zero-order valence-corrected chi connectivity index (χ0v) is 25.6. The predicted molar refractivity (Wildman–Crippen MR) is 166 cm³/mol. The molecule has 42 heavy (non-hydrogen) atoms. The summed E-state index contributed by atoms with van der Waals surface area (Å²) in [6, 6.07) is 7.63. The number of hydrogen-bond acceptors (Lipinski definition) is 12. The van der Waals surface area contributed by atoms with Crippen LogP contribution < -0.4 is 25.6 Å². The van der Waals surface area contributed by atoms with Crippen molar-refractivity contribution >= 4 is 68.2 Å². The predicted octanol–water partition coefficient (Wildman–Crippen LogP) is 5.42. The van der Waals surface area contributed by atoms with Crippen molar-refractivity contribution < 1.29 is 18.6 Å². The van der Waals surface area contributed by atoms with Crippen LogP contribution in [0.15, 0.2) is 64.3 Å². The number of nitrogens with zero attached hydrogens (tertiary/aromatic N) is 6. The van der Waals surface area contributed by atoms with Crippen molar-refractivity contribution in [2.75, 3.05) is 62.3 Å². The van der Waals surface area contributed by atoms with Gasteiger partial charge in [-0.15, -0.1) is 0 Å². The highest BCUT2D eigenvalue weighted by molar-refractivity contribution is 9.10. The summed E-state index contributed by atoms with van der Waals surface area (Å²) in [7, 11) is -1.14. The van der Waals surface area contributed by atoms with Crippen LogP contribution >= 0.6 is 23.1 Å². The molecule has 0 radical (unpaired) electrons. The summed E-state index contributed by atoms with van der Waals surface area (Å²) in [5.41, 5.74) is 5.28. The number of morpholine rings is 1. The van der Waals surface area contributed by atoms with E-state index in [-0.39, 0.29) is 0 Å². The molecule has 2 aromatic carbocycles. The van der Waals surface area contributed by atoms with E-state index in [4.69, 9.17) is 19.0 Å². The van der Waals surface area contributed by atoms with Crippen LogP contribution in [0.5, 0.6) is 5.75 Å². The Kier molecular flexibility index (Phi) is 7.80. The molecule has 3 aromatic heterocycles. The fourth-order valence-corrected chi connectivity index (χ4v) is 6.58. The zero-order chi connectivity index (χ0) is 29.3. The van der Waals surface area contributed by atoms with Crippen LogP contribution in [0.2, 0.25) is 0 Å². The van der Waals surface area contributed by atoms with E-state index in [2.05, 4.69) is 51.6 Å². The molecule has 1 aliphatic heterocycles. The van der Waals surface area contributed by atoms with Crippen molar-refractivity contribution in [1.82, 2.24) is 25.1 Å². The summed E-state index contributed by atoms with van der Waals surface area (Å²) in [4.78, 5) is 20.3. The summed E-state index contributed by atoms with van der Waals surface area (Å²) >= 11 is 3.55. The number of rotatable bonds is 8. The van der Waals surface area contributed by atoms with Gasteiger partial charge >= 0.3 is 0 Å². The van der Waals surface area contributed by atoms with Crippen molar-refractivity contribution in [2.45, 2.75) is 0 Å². The fraction of sp³-hybridized carbons (Fsp3) is 0.250. The second-order valence-electron chi connectivity index (χ2n) is 9.96. The van der Waals surface area contributed by atoms with Gasteiger partial charge in [-0.2, -0.15) is 4.98 Å². The lowest BCUT2D eigenvalue weighted by atomic mass is 10.0. The van der Waals surface area contributed by atoms with Crippen LogP contribution in [-0.4, -0.2) is 71.8 Å². The molecule has 0 atom stereocenters. The van der Waals surface area contributed by atoms with Gasteiger partial charge in [0, 0.05) is 54.6 Å². The Hall–Kier alpha value is -4.06. The first kappa shape index (κ1) is 28.1. The standard InChI is InChI=1S/C28H28BrN8O4P/c1-39-24-13-23(37-8-10-40-11-9-37)18(17-14-33-41-16-17)12-22(24)35-28-32-15-19(29)27(36-28)34-21-5-4-20-25(31-7-6-30-20)26(21)42(2,3)38/h4-7,12-16H,8-11H2,1-3H3,(H2,32,34,35,36). The minimum absolute atomic E-state index is 0.327. The van der Waals surface area contributed by atoms with E-state index in [0.717, 1.165) is 29.9 Å². The van der Waals surface area contributed by atoms with Crippen LogP contribution in [0, 0.1) is 0 Å². The first-order valence-electron chi connectivity index (χ1n) is 13.1. The SMILES string of the molecule is COc1cc(N2CCOCC2)c(-c2cnoc2)cc1Nc1ncc(Br)c(Nc2ccc3nccnc3c2P(C)(C)=O)n1. The van der Waals surface area contributed by atoms with E-state index in [1.54, 1.807) is 51.5 Å². The van der Waals surface area contributed by atoms with Gasteiger partial charge in [-0.3, -0.25) is 9.97 Å². The molecule has 0 amide bonds. The smallest absolute Gasteiger partial charge is 0.229 e. The third-order valence-corrected chi connectivity index (χ3v) is 8.92. The highest BCUT2D eigenvalue weighted by atomic mass is 79.9. The molecule has 2 N–H and O–H groups in total. The Morgan fingerprint density at radius 3 is 2.57 bits per heavy atom. The topological polar surface area (TPSA) is 140 Å². The Bertz CT molecular complexity index is 1790. The number of halogens is 1. The first-order valence-corrected chi connectivity index (χ1v) is 16.5. The van der Waals surface area contributed by atoms with Gasteiger partial charge in [0.25, 0.3) is 0 Å². The van der Waals surface area contributed by atoms with E-state index >= 15 is 0 Å². The van der Waals surface area contributed by atoms with Crippen LogP contribution in [0.1, 0.15) is 0 Å². The number of fused-ring (bicyclic) bond motifs is 1. The maximum Gasteiger partial charge on any atom is 0.229 e. The van der Waals surface area contributed by atoms with Crippen LogP contribution in [-0.2, 0) is 9.30 Å². The van der Waals surface area contributed by atoms with E-state index in [1.165, 1.54) is 0 Å². The number of benzene rings is 2. The van der Waals surface area contributed by atoms with Gasteiger partial charge in [0.05, 0.1) is 53.2 Å². The van der Waals surface area contributed by atoms with Crippen molar-refractivity contribution in [1.29, 1.82) is 0 Å². The molecule has 0 saturated carbocycles. The third-order valence-electron chi connectivity index (χ3n) is 6.81. The van der Waals surface area contributed by atoms with E-state index in [1.807, 2.05) is 24.3 Å². The second kappa shape index (κ2) is 11.7. The van der Waals surface area contributed by atoms with Gasteiger partial charge in [0.1, 0.15) is 30.5 Å². The van der Waals surface area contributed by atoms with Crippen LogP contribution in [0.25, 0.3) is 22.2 Å². The molecule has 12 nitrogen and oxygen atoms in total. The molecular formula is C28H28BrN8O4P. The van der Waals surface area contributed by atoms with E-state index in [0.29, 0.717) is 62.9 Å². The van der Waals surface area contributed by atoms with Gasteiger partial charge in [-0.05, 0) is 47.5 Å². The molecule has 0 bridgehead atoms. The van der Waals surface area contributed by atoms with Gasteiger partial charge in [0.2, 0.25) is 5.95 Å². The summed E-state index contributed by atoms with van der Waals surface area (Å²) in [6.07, 6.45) is 8.15. The van der Waals surface area contributed by atoms with E-state index in [9.17, 15) is 4.57 Å². The molecule has 1 aliphatic rings. The van der Waals surface area contributed by atoms with Gasteiger partial charge in [0.15, 0.2) is 0 Å². The summed E-state index contributed by atoms with van der Waals surface area (Å²) < 4.78 is 30.5. The molecule has 0 unspecified atom stereocenters. The molecule has 4 heterocycles. The lowest BCUT2D eigenvalue weighted by Crippen LogP contribution is -2.36. The van der Waals surface area contributed by atoms with Crippen molar-refractivity contribution in [3.8, 4) is 16.9 Å². The maximum atomic E-state index is 13.4. The Morgan fingerprint density at radius 2 is 1.83 bits per heavy atom. The minimum atomic E-state index is -2.76. The maximum absolute atomic E-state index is 13.4. The average molecular weight is 651 g/mol. The fourth-order valence-electron chi connectivity index (χ4n) is 4.90. The van der Waals surface area contributed by atoms with E-state index < -0.39 is 7.14 Å². The first-order chi connectivity index (χ1) is 20.3. The van der Waals surface area contributed by atoms with Crippen molar-refractivity contribution in [3.05, 3.63) is 59.8 Å². The summed E-state index contributed by atoms with van der Waals surface area (Å²) in [6.45, 7) is 6.22. The molecule has 6 rings (SSSR count). The second-order valence-corrected chi connectivity index (χ2v) is 14.0. The van der Waals surface area contributed by atoms with Crippen LogP contribution in [0.4, 0.5) is 28.8 Å². The quantitative estimate of drug-likeness (QED) is 0.207. The number of ether oxygens (including phenoxy) is 2. The molecule has 1 fully saturated rings. The number of anilines is 5. The lowest BCUT2D eigenvalue weighted by Gasteiger charge is -2.31. The summed E-state index contributed by atoms with van der Waals surface area (Å²) in [5.74, 6) is 1.42. The number of hydrogen-bond donors (Lipinski definition) is 2. The molecule has 5 aromatic rings. The van der Waals surface area contributed by atoms with Crippen molar-refractivity contribution in [2.24, 2.45) is 0 Å². The Morgan fingerprint density at radius 1 is 1.02 bits per heavy atom. The van der Waals surface area contributed by atoms with Crippen molar-refractivity contribution in [3.63, 3.8) is 0 Å². The van der Waals surface area contributed by atoms with Gasteiger partial charge in [-0.25, -0.2) is 4.98 Å². The van der Waals surface area contributed by atoms with Gasteiger partial charge < -0.3 is 34.1 Å². The Labute approximate surface area is 250 Å². The van der Waals surface area contributed by atoms with Crippen LogP contribution in [0.3, 0.4) is 0 Å². The molecular weight excluding hydrogens is 623 g/mol. The molecule has 0 aliphatic carbocycles. The number of nitrogens with one attached hydrogen (secondary N) is 2. The largest absolute Gasteiger partial charge is 0.494 e. The third kappa shape index (κ3) is 5.67. The number of aromatic nitrogens is 5. The number of methoxy groups -OCH3 is 1. The highest BCUT2D eigenvalue weighted by Gasteiger charge is 2.23. The average Bonchev–Trinajstić information content (AvgIpc) is 3.53. The lowest BCUT2D eigenvalue weighted by molar-refractivity contribution is 0.122. The zero-order valence-electron chi connectivity index (χ0n) is 23.2. The molecule has 216 valence electrons. The summed E-state index contributed by atoms with van der Waals surface area (Å²) in [5, 5.41) is 11.1. The molecule has 1 saturated heterocycles. The normalized spacial score (nSPS) is 13.8. The molecule has 14 heteroatoms. The molecule has 0 spiro atoms. The van der Waals surface area contributed by atoms with Gasteiger partial charge in [-0.1, -0.05) is 5.16 Å². The Balaban J connectivity index is 1.37. The minimum Gasteiger partial charge on any atom is -0.494 e. The highest BCUT2D eigenvalue weighted by Crippen LogP contribution is 2.42.